The molecule has 7 heteroatoms. The number of hydrogen-bond donors (Lipinski definition) is 2. The van der Waals surface area contributed by atoms with Gasteiger partial charge in [0.1, 0.15) is 0 Å². The molecule has 0 radical (unpaired) electrons. The number of amides is 1. The van der Waals surface area contributed by atoms with Gasteiger partial charge in [-0.15, -0.1) is 0 Å². The van der Waals surface area contributed by atoms with Crippen molar-refractivity contribution >= 4 is 22.9 Å². The first-order chi connectivity index (χ1) is 10.5. The quantitative estimate of drug-likeness (QED) is 0.874. The van der Waals surface area contributed by atoms with Gasteiger partial charge in [-0.2, -0.15) is 5.10 Å². The van der Waals surface area contributed by atoms with E-state index in [4.69, 9.17) is 5.11 Å². The summed E-state index contributed by atoms with van der Waals surface area (Å²) in [5, 5.41) is 16.9. The molecule has 3 rings (SSSR count). The number of carbonyl (C=O) groups is 2. The lowest BCUT2D eigenvalue weighted by Gasteiger charge is -2.34. The number of piperidine rings is 1. The Morgan fingerprint density at radius 3 is 2.91 bits per heavy atom. The third-order valence-corrected chi connectivity index (χ3v) is 4.36. The van der Waals surface area contributed by atoms with Crippen LogP contribution < -0.4 is 0 Å². The number of nitrogens with one attached hydrogen (secondary N) is 1. The van der Waals surface area contributed by atoms with Crippen LogP contribution in [0.5, 0.6) is 0 Å². The van der Waals surface area contributed by atoms with E-state index in [-0.39, 0.29) is 17.7 Å². The Balaban J connectivity index is 1.81. The summed E-state index contributed by atoms with van der Waals surface area (Å²) >= 11 is 0. The first-order valence-electron chi connectivity index (χ1n) is 7.30. The van der Waals surface area contributed by atoms with Gasteiger partial charge in [0, 0.05) is 30.4 Å². The molecular formula is C15H18N4O3. The second-order valence-electron chi connectivity index (χ2n) is 5.91. The zero-order valence-corrected chi connectivity index (χ0v) is 12.5. The predicted molar refractivity (Wildman–Crippen MR) is 79.4 cm³/mol. The number of H-pyrrole nitrogens is 1. The Hall–Kier alpha value is -2.44. The van der Waals surface area contributed by atoms with Gasteiger partial charge in [0.15, 0.2) is 5.65 Å². The van der Waals surface area contributed by atoms with Crippen LogP contribution in [0, 0.1) is 18.8 Å². The van der Waals surface area contributed by atoms with Gasteiger partial charge < -0.3 is 10.0 Å². The molecule has 3 heterocycles. The Morgan fingerprint density at radius 1 is 1.45 bits per heavy atom. The van der Waals surface area contributed by atoms with Crippen molar-refractivity contribution < 1.29 is 14.7 Å². The fourth-order valence-corrected chi connectivity index (χ4v) is 3.02. The largest absolute Gasteiger partial charge is 0.481 e. The molecule has 7 nitrogen and oxygen atoms in total. The number of hydrogen-bond acceptors (Lipinski definition) is 4. The lowest BCUT2D eigenvalue weighted by atomic mass is 9.87. The summed E-state index contributed by atoms with van der Waals surface area (Å²) in [7, 11) is 0. The minimum Gasteiger partial charge on any atom is -0.481 e. The van der Waals surface area contributed by atoms with Crippen LogP contribution in [-0.4, -0.2) is 50.2 Å². The number of pyridine rings is 1. The Labute approximate surface area is 127 Å². The smallest absolute Gasteiger partial charge is 0.306 e. The second kappa shape index (κ2) is 5.40. The van der Waals surface area contributed by atoms with E-state index >= 15 is 0 Å². The monoisotopic (exact) mass is 302 g/mol. The SMILES string of the molecule is Cc1[nH]nc2ncc(C(=O)N3CCC(C(=O)O)C(C)C3)cc12. The van der Waals surface area contributed by atoms with Crippen molar-refractivity contribution in [2.45, 2.75) is 20.3 Å². The van der Waals surface area contributed by atoms with Crippen molar-refractivity contribution in [2.75, 3.05) is 13.1 Å². The number of likely N-dealkylation sites (tertiary alicyclic amines) is 1. The Bertz CT molecular complexity index is 739. The standard InChI is InChI=1S/C15H18N4O3/c1-8-7-19(4-3-11(8)15(21)22)14(20)10-5-12-9(2)17-18-13(12)16-6-10/h5-6,8,11H,3-4,7H2,1-2H3,(H,21,22)(H,16,17,18). The van der Waals surface area contributed by atoms with E-state index < -0.39 is 5.97 Å². The highest BCUT2D eigenvalue weighted by Gasteiger charge is 2.33. The topological polar surface area (TPSA) is 99.2 Å². The zero-order valence-electron chi connectivity index (χ0n) is 12.5. The van der Waals surface area contributed by atoms with E-state index in [9.17, 15) is 9.59 Å². The van der Waals surface area contributed by atoms with Crippen molar-refractivity contribution in [2.24, 2.45) is 11.8 Å². The number of carbonyl (C=O) groups excluding carboxylic acids is 1. The number of aliphatic carboxylic acids is 1. The molecule has 0 saturated carbocycles. The number of carboxylic acids is 1. The van der Waals surface area contributed by atoms with Gasteiger partial charge in [0.05, 0.1) is 11.5 Å². The number of aryl methyl sites for hydroxylation is 1. The van der Waals surface area contributed by atoms with Crippen molar-refractivity contribution in [3.8, 4) is 0 Å². The average Bonchev–Trinajstić information content (AvgIpc) is 2.87. The molecule has 22 heavy (non-hydrogen) atoms. The predicted octanol–water partition coefficient (Wildman–Crippen LogP) is 1.45. The molecule has 1 aliphatic heterocycles. The van der Waals surface area contributed by atoms with Crippen LogP contribution in [0.3, 0.4) is 0 Å². The molecule has 0 aromatic carbocycles. The van der Waals surface area contributed by atoms with Gasteiger partial charge in [-0.3, -0.25) is 14.7 Å². The minimum absolute atomic E-state index is 0.0532. The fourth-order valence-electron chi connectivity index (χ4n) is 3.02. The molecular weight excluding hydrogens is 284 g/mol. The van der Waals surface area contributed by atoms with E-state index in [0.717, 1.165) is 11.1 Å². The zero-order chi connectivity index (χ0) is 15.9. The summed E-state index contributed by atoms with van der Waals surface area (Å²) in [6.45, 7) is 4.67. The molecule has 1 amide bonds. The maximum atomic E-state index is 12.6. The second-order valence-corrected chi connectivity index (χ2v) is 5.91. The molecule has 2 atom stereocenters. The Kier molecular flexibility index (Phi) is 3.56. The van der Waals surface area contributed by atoms with Crippen LogP contribution in [0.1, 0.15) is 29.4 Å². The van der Waals surface area contributed by atoms with Gasteiger partial charge in [-0.05, 0) is 25.3 Å². The summed E-state index contributed by atoms with van der Waals surface area (Å²) in [6.07, 6.45) is 2.02. The first-order valence-corrected chi connectivity index (χ1v) is 7.30. The van der Waals surface area contributed by atoms with Crippen LogP contribution in [0.4, 0.5) is 0 Å². The fraction of sp³-hybridized carbons (Fsp3) is 0.467. The number of aromatic nitrogens is 3. The van der Waals surface area contributed by atoms with Crippen LogP contribution in [0.15, 0.2) is 12.3 Å². The summed E-state index contributed by atoms with van der Waals surface area (Å²) in [5.74, 6) is -1.31. The molecule has 2 unspecified atom stereocenters. The molecule has 2 aromatic rings. The highest BCUT2D eigenvalue weighted by atomic mass is 16.4. The summed E-state index contributed by atoms with van der Waals surface area (Å²) < 4.78 is 0. The van der Waals surface area contributed by atoms with Crippen molar-refractivity contribution in [1.82, 2.24) is 20.1 Å². The highest BCUT2D eigenvalue weighted by Crippen LogP contribution is 2.25. The average molecular weight is 302 g/mol. The van der Waals surface area contributed by atoms with E-state index in [0.29, 0.717) is 30.7 Å². The van der Waals surface area contributed by atoms with Crippen LogP contribution in [-0.2, 0) is 4.79 Å². The van der Waals surface area contributed by atoms with Crippen LogP contribution in [0.25, 0.3) is 11.0 Å². The normalized spacial score (nSPS) is 22.0. The molecule has 1 fully saturated rings. The maximum Gasteiger partial charge on any atom is 0.306 e. The maximum absolute atomic E-state index is 12.6. The summed E-state index contributed by atoms with van der Waals surface area (Å²) in [4.78, 5) is 29.7. The number of nitrogens with zero attached hydrogens (tertiary/aromatic N) is 3. The lowest BCUT2D eigenvalue weighted by molar-refractivity contribution is -0.145. The number of aromatic amines is 1. The first kappa shape index (κ1) is 14.5. The Morgan fingerprint density at radius 2 is 2.23 bits per heavy atom. The van der Waals surface area contributed by atoms with Crippen LogP contribution in [0.2, 0.25) is 0 Å². The van der Waals surface area contributed by atoms with Crippen molar-refractivity contribution in [1.29, 1.82) is 0 Å². The minimum atomic E-state index is -0.781. The van der Waals surface area contributed by atoms with E-state index in [1.807, 2.05) is 13.8 Å². The van der Waals surface area contributed by atoms with Gasteiger partial charge in [-0.1, -0.05) is 6.92 Å². The highest BCUT2D eigenvalue weighted by molar-refractivity contribution is 5.97. The molecule has 0 spiro atoms. The molecule has 0 aliphatic carbocycles. The molecule has 116 valence electrons. The number of rotatable bonds is 2. The van der Waals surface area contributed by atoms with Gasteiger partial charge in [-0.25, -0.2) is 4.98 Å². The number of carboxylic acid groups (broad SMARTS) is 1. The number of fused-ring (bicyclic) bond motifs is 1. The third kappa shape index (κ3) is 2.43. The molecule has 1 saturated heterocycles. The van der Waals surface area contributed by atoms with Crippen LogP contribution >= 0.6 is 0 Å². The summed E-state index contributed by atoms with van der Waals surface area (Å²) in [5.41, 5.74) is 1.97. The molecule has 2 N–H and O–H groups in total. The third-order valence-electron chi connectivity index (χ3n) is 4.36. The van der Waals surface area contributed by atoms with Gasteiger partial charge in [0.25, 0.3) is 5.91 Å². The van der Waals surface area contributed by atoms with Crippen molar-refractivity contribution in [3.63, 3.8) is 0 Å². The van der Waals surface area contributed by atoms with Gasteiger partial charge in [0.2, 0.25) is 0 Å². The van der Waals surface area contributed by atoms with E-state index in [1.165, 1.54) is 6.20 Å². The molecule has 1 aliphatic rings. The van der Waals surface area contributed by atoms with E-state index in [1.54, 1.807) is 11.0 Å². The molecule has 0 bridgehead atoms. The van der Waals surface area contributed by atoms with E-state index in [2.05, 4.69) is 15.2 Å². The van der Waals surface area contributed by atoms with Crippen molar-refractivity contribution in [3.05, 3.63) is 23.5 Å². The lowest BCUT2D eigenvalue weighted by Crippen LogP contribution is -2.45. The van der Waals surface area contributed by atoms with Gasteiger partial charge >= 0.3 is 5.97 Å². The molecule has 2 aromatic heterocycles. The summed E-state index contributed by atoms with van der Waals surface area (Å²) in [6, 6.07) is 1.79.